The Kier molecular flexibility index (Phi) is 3.88. The van der Waals surface area contributed by atoms with E-state index in [1.54, 1.807) is 27.8 Å². The van der Waals surface area contributed by atoms with Crippen molar-refractivity contribution in [3.05, 3.63) is 11.4 Å². The predicted octanol–water partition coefficient (Wildman–Crippen LogP) is 1.11. The van der Waals surface area contributed by atoms with Crippen molar-refractivity contribution in [3.8, 4) is 0 Å². The molecule has 6 nitrogen and oxygen atoms in total. The number of carbonyl (C=O) groups excluding carboxylic acids is 2. The number of carbonyl (C=O) groups is 2. The number of hydrogen-bond donors (Lipinski definition) is 1. The molecular weight excluding hydrogens is 222 g/mol. The maximum Gasteiger partial charge on any atom is 0.358 e. The van der Waals surface area contributed by atoms with Gasteiger partial charge in [-0.3, -0.25) is 9.48 Å². The average molecular weight is 239 g/mol. The van der Waals surface area contributed by atoms with Crippen LogP contribution in [0.15, 0.2) is 0 Å². The Morgan fingerprint density at radius 2 is 2.00 bits per heavy atom. The molecule has 0 fully saturated rings. The van der Waals surface area contributed by atoms with Gasteiger partial charge in [-0.1, -0.05) is 13.8 Å². The summed E-state index contributed by atoms with van der Waals surface area (Å²) >= 11 is 0. The summed E-state index contributed by atoms with van der Waals surface area (Å²) in [5, 5.41) is 6.78. The topological polar surface area (TPSA) is 73.2 Å². The first-order chi connectivity index (χ1) is 7.88. The van der Waals surface area contributed by atoms with Gasteiger partial charge in [-0.2, -0.15) is 5.10 Å². The number of ether oxygens (including phenoxy) is 1. The Hall–Kier alpha value is -1.85. The van der Waals surface area contributed by atoms with Gasteiger partial charge >= 0.3 is 5.97 Å². The van der Waals surface area contributed by atoms with Gasteiger partial charge in [-0.05, 0) is 6.92 Å². The van der Waals surface area contributed by atoms with Crippen molar-refractivity contribution in [2.75, 3.05) is 12.4 Å². The third-order valence-electron chi connectivity index (χ3n) is 2.37. The van der Waals surface area contributed by atoms with E-state index in [1.807, 2.05) is 0 Å². The molecule has 1 rings (SSSR count). The van der Waals surface area contributed by atoms with Crippen molar-refractivity contribution in [3.63, 3.8) is 0 Å². The molecule has 0 aliphatic heterocycles. The fraction of sp³-hybridized carbons (Fsp3) is 0.545. The van der Waals surface area contributed by atoms with Crippen LogP contribution in [0.3, 0.4) is 0 Å². The summed E-state index contributed by atoms with van der Waals surface area (Å²) in [7, 11) is 2.92. The number of aromatic nitrogens is 2. The zero-order chi connectivity index (χ0) is 13.2. The highest BCUT2D eigenvalue weighted by Gasteiger charge is 2.22. The second-order valence-corrected chi connectivity index (χ2v) is 4.07. The highest BCUT2D eigenvalue weighted by Crippen LogP contribution is 2.21. The smallest absolute Gasteiger partial charge is 0.358 e. The zero-order valence-electron chi connectivity index (χ0n) is 10.7. The Morgan fingerprint density at radius 3 is 2.47 bits per heavy atom. The average Bonchev–Trinajstić information content (AvgIpc) is 2.53. The SMILES string of the molecule is COC(=O)c1c(NC(=O)C(C)C)c(C)nn1C. The molecule has 0 unspecified atom stereocenters. The lowest BCUT2D eigenvalue weighted by Gasteiger charge is -2.08. The van der Waals surface area contributed by atoms with Gasteiger partial charge in [0.05, 0.1) is 18.5 Å². The molecule has 0 aromatic carbocycles. The fourth-order valence-electron chi connectivity index (χ4n) is 1.41. The first kappa shape index (κ1) is 13.2. The molecule has 0 aliphatic rings. The van der Waals surface area contributed by atoms with E-state index in [0.29, 0.717) is 11.4 Å². The molecule has 0 spiro atoms. The standard InChI is InChI=1S/C11H17N3O3/c1-6(2)10(15)12-8-7(3)13-14(4)9(8)11(16)17-5/h6H,1-5H3,(H,12,15). The van der Waals surface area contributed by atoms with Crippen molar-refractivity contribution in [1.82, 2.24) is 9.78 Å². The van der Waals surface area contributed by atoms with Crippen molar-refractivity contribution >= 4 is 17.6 Å². The van der Waals surface area contributed by atoms with E-state index in [9.17, 15) is 9.59 Å². The minimum absolute atomic E-state index is 0.161. The molecule has 1 N–H and O–H groups in total. The van der Waals surface area contributed by atoms with E-state index in [-0.39, 0.29) is 17.5 Å². The predicted molar refractivity (Wildman–Crippen MR) is 62.8 cm³/mol. The molecule has 0 radical (unpaired) electrons. The van der Waals surface area contributed by atoms with Crippen LogP contribution in [0, 0.1) is 12.8 Å². The molecular formula is C11H17N3O3. The number of nitrogens with one attached hydrogen (secondary N) is 1. The van der Waals surface area contributed by atoms with E-state index in [0.717, 1.165) is 0 Å². The van der Waals surface area contributed by atoms with Crippen LogP contribution in [0.4, 0.5) is 5.69 Å². The van der Waals surface area contributed by atoms with Crippen molar-refractivity contribution in [2.45, 2.75) is 20.8 Å². The lowest BCUT2D eigenvalue weighted by molar-refractivity contribution is -0.118. The Morgan fingerprint density at radius 1 is 1.41 bits per heavy atom. The van der Waals surface area contributed by atoms with Crippen LogP contribution in [0.2, 0.25) is 0 Å². The van der Waals surface area contributed by atoms with Crippen LogP contribution in [0.5, 0.6) is 0 Å². The van der Waals surface area contributed by atoms with Gasteiger partial charge in [0.15, 0.2) is 5.69 Å². The van der Waals surface area contributed by atoms with Crippen LogP contribution in [-0.2, 0) is 16.6 Å². The van der Waals surface area contributed by atoms with E-state index >= 15 is 0 Å². The highest BCUT2D eigenvalue weighted by molar-refractivity contribution is 6.01. The van der Waals surface area contributed by atoms with Gasteiger partial charge in [0.1, 0.15) is 0 Å². The number of methoxy groups -OCH3 is 1. The number of rotatable bonds is 3. The quantitative estimate of drug-likeness (QED) is 0.802. The Bertz CT molecular complexity index is 449. The van der Waals surface area contributed by atoms with Crippen molar-refractivity contribution < 1.29 is 14.3 Å². The first-order valence-electron chi connectivity index (χ1n) is 5.31. The number of aryl methyl sites for hydroxylation is 2. The summed E-state index contributed by atoms with van der Waals surface area (Å²) in [5.41, 5.74) is 1.25. The molecule has 94 valence electrons. The van der Waals surface area contributed by atoms with Crippen LogP contribution in [0.25, 0.3) is 0 Å². The molecule has 1 amide bonds. The minimum Gasteiger partial charge on any atom is -0.464 e. The van der Waals surface area contributed by atoms with E-state index in [1.165, 1.54) is 11.8 Å². The monoisotopic (exact) mass is 239 g/mol. The summed E-state index contributed by atoms with van der Waals surface area (Å²) in [6.45, 7) is 5.28. The molecule has 17 heavy (non-hydrogen) atoms. The summed E-state index contributed by atoms with van der Waals surface area (Å²) in [5.74, 6) is -0.849. The van der Waals surface area contributed by atoms with E-state index < -0.39 is 5.97 Å². The van der Waals surface area contributed by atoms with E-state index in [4.69, 9.17) is 0 Å². The maximum absolute atomic E-state index is 11.6. The molecule has 0 bridgehead atoms. The van der Waals surface area contributed by atoms with E-state index in [2.05, 4.69) is 15.2 Å². The third-order valence-corrected chi connectivity index (χ3v) is 2.37. The lowest BCUT2D eigenvalue weighted by Crippen LogP contribution is -2.20. The molecule has 1 aromatic rings. The molecule has 6 heteroatoms. The largest absolute Gasteiger partial charge is 0.464 e. The van der Waals surface area contributed by atoms with Gasteiger partial charge in [0, 0.05) is 13.0 Å². The molecule has 0 saturated heterocycles. The number of amides is 1. The highest BCUT2D eigenvalue weighted by atomic mass is 16.5. The second kappa shape index (κ2) is 4.99. The Labute approximate surface area is 99.9 Å². The van der Waals surface area contributed by atoms with Gasteiger partial charge in [0.2, 0.25) is 5.91 Å². The number of hydrogen-bond acceptors (Lipinski definition) is 4. The van der Waals surface area contributed by atoms with Crippen LogP contribution in [0.1, 0.15) is 30.0 Å². The molecule has 1 aromatic heterocycles. The van der Waals surface area contributed by atoms with Gasteiger partial charge in [-0.25, -0.2) is 4.79 Å². The molecule has 0 atom stereocenters. The van der Waals surface area contributed by atoms with Crippen molar-refractivity contribution in [2.24, 2.45) is 13.0 Å². The summed E-state index contributed by atoms with van der Waals surface area (Å²) in [6, 6.07) is 0. The van der Waals surface area contributed by atoms with Crippen molar-refractivity contribution in [1.29, 1.82) is 0 Å². The molecule has 0 saturated carbocycles. The summed E-state index contributed by atoms with van der Waals surface area (Å²) in [6.07, 6.45) is 0. The van der Waals surface area contributed by atoms with Gasteiger partial charge in [0.25, 0.3) is 0 Å². The minimum atomic E-state index is -0.521. The fourth-order valence-corrected chi connectivity index (χ4v) is 1.41. The normalized spacial score (nSPS) is 10.5. The van der Waals surface area contributed by atoms with Gasteiger partial charge in [-0.15, -0.1) is 0 Å². The number of anilines is 1. The maximum atomic E-state index is 11.6. The Balaban J connectivity index is 3.14. The zero-order valence-corrected chi connectivity index (χ0v) is 10.7. The third kappa shape index (κ3) is 2.64. The number of nitrogens with zero attached hydrogens (tertiary/aromatic N) is 2. The lowest BCUT2D eigenvalue weighted by atomic mass is 10.2. The summed E-state index contributed by atoms with van der Waals surface area (Å²) < 4.78 is 6.06. The summed E-state index contributed by atoms with van der Waals surface area (Å²) in [4.78, 5) is 23.2. The molecule has 0 aliphatic carbocycles. The van der Waals surface area contributed by atoms with Crippen LogP contribution >= 0.6 is 0 Å². The first-order valence-corrected chi connectivity index (χ1v) is 5.31. The van der Waals surface area contributed by atoms with Gasteiger partial charge < -0.3 is 10.1 Å². The second-order valence-electron chi connectivity index (χ2n) is 4.07. The number of esters is 1. The van der Waals surface area contributed by atoms with Crippen LogP contribution in [-0.4, -0.2) is 28.8 Å². The molecule has 1 heterocycles. The van der Waals surface area contributed by atoms with Crippen LogP contribution < -0.4 is 5.32 Å².